The fourth-order valence-corrected chi connectivity index (χ4v) is 3.85. The van der Waals surface area contributed by atoms with Crippen molar-refractivity contribution in [2.45, 2.75) is 52.7 Å². The third kappa shape index (κ3) is 5.88. The average molecular weight is 433 g/mol. The van der Waals surface area contributed by atoms with Crippen LogP contribution in [0.15, 0.2) is 66.7 Å². The van der Waals surface area contributed by atoms with E-state index in [1.807, 2.05) is 94.4 Å². The highest BCUT2D eigenvalue weighted by molar-refractivity contribution is 5.90. The van der Waals surface area contributed by atoms with E-state index in [4.69, 9.17) is 4.74 Å². The molecule has 0 aliphatic heterocycles. The van der Waals surface area contributed by atoms with E-state index >= 15 is 0 Å². The van der Waals surface area contributed by atoms with Gasteiger partial charge in [0.15, 0.2) is 6.61 Å². The van der Waals surface area contributed by atoms with Gasteiger partial charge < -0.3 is 15.0 Å². The summed E-state index contributed by atoms with van der Waals surface area (Å²) in [5.41, 5.74) is 2.10. The summed E-state index contributed by atoms with van der Waals surface area (Å²) in [6, 6.07) is 21.1. The van der Waals surface area contributed by atoms with Gasteiger partial charge >= 0.3 is 0 Å². The average Bonchev–Trinajstić information content (AvgIpc) is 2.77. The van der Waals surface area contributed by atoms with Gasteiger partial charge in [-0.2, -0.15) is 0 Å². The maximum atomic E-state index is 13.4. The van der Waals surface area contributed by atoms with E-state index in [1.54, 1.807) is 4.90 Å². The highest BCUT2D eigenvalue weighted by atomic mass is 16.5. The summed E-state index contributed by atoms with van der Waals surface area (Å²) in [5, 5.41) is 4.96. The van der Waals surface area contributed by atoms with Crippen molar-refractivity contribution in [3.8, 4) is 5.75 Å². The molecule has 0 saturated heterocycles. The summed E-state index contributed by atoms with van der Waals surface area (Å²) >= 11 is 0. The van der Waals surface area contributed by atoms with Gasteiger partial charge in [0.05, 0.1) is 0 Å². The zero-order valence-corrected chi connectivity index (χ0v) is 19.3. The third-order valence-electron chi connectivity index (χ3n) is 5.35. The molecular formula is C27H32N2O3. The van der Waals surface area contributed by atoms with E-state index in [0.29, 0.717) is 18.7 Å². The Morgan fingerprint density at radius 3 is 2.44 bits per heavy atom. The van der Waals surface area contributed by atoms with Crippen LogP contribution in [0.1, 0.15) is 38.3 Å². The molecule has 5 heteroatoms. The van der Waals surface area contributed by atoms with Gasteiger partial charge in [0.2, 0.25) is 5.91 Å². The number of aryl methyl sites for hydroxylation is 1. The maximum Gasteiger partial charge on any atom is 0.261 e. The van der Waals surface area contributed by atoms with Crippen LogP contribution in [0.5, 0.6) is 5.75 Å². The molecule has 3 aromatic carbocycles. The smallest absolute Gasteiger partial charge is 0.261 e. The number of benzene rings is 3. The maximum absolute atomic E-state index is 13.4. The standard InChI is InChI=1S/C27H32N2O3/c1-5-24(27(31)28-19(2)3)29(17-21-11-8-10-20(4)16-21)26(30)18-32-25-15-9-13-22-12-6-7-14-23(22)25/h6-16,19,24H,5,17-18H2,1-4H3,(H,28,31)/t24-/m1/s1. The summed E-state index contributed by atoms with van der Waals surface area (Å²) < 4.78 is 5.96. The minimum Gasteiger partial charge on any atom is -0.483 e. The van der Waals surface area contributed by atoms with E-state index in [0.717, 1.165) is 21.9 Å². The van der Waals surface area contributed by atoms with Crippen molar-refractivity contribution in [3.05, 3.63) is 77.9 Å². The lowest BCUT2D eigenvalue weighted by atomic mass is 10.1. The quantitative estimate of drug-likeness (QED) is 0.525. The van der Waals surface area contributed by atoms with Gasteiger partial charge in [-0.15, -0.1) is 0 Å². The Labute approximate surface area is 190 Å². The van der Waals surface area contributed by atoms with Crippen molar-refractivity contribution in [2.24, 2.45) is 0 Å². The van der Waals surface area contributed by atoms with Crippen LogP contribution in [-0.2, 0) is 16.1 Å². The first-order valence-electron chi connectivity index (χ1n) is 11.1. The second-order valence-corrected chi connectivity index (χ2v) is 8.36. The van der Waals surface area contributed by atoms with Crippen molar-refractivity contribution in [1.82, 2.24) is 10.2 Å². The number of carbonyl (C=O) groups is 2. The highest BCUT2D eigenvalue weighted by Crippen LogP contribution is 2.25. The molecule has 1 N–H and O–H groups in total. The number of amides is 2. The van der Waals surface area contributed by atoms with Crippen LogP contribution in [0.4, 0.5) is 0 Å². The molecule has 0 unspecified atom stereocenters. The van der Waals surface area contributed by atoms with Crippen molar-refractivity contribution in [3.63, 3.8) is 0 Å². The number of nitrogens with zero attached hydrogens (tertiary/aromatic N) is 1. The number of hydrogen-bond donors (Lipinski definition) is 1. The topological polar surface area (TPSA) is 58.6 Å². The fraction of sp³-hybridized carbons (Fsp3) is 0.333. The Balaban J connectivity index is 1.83. The van der Waals surface area contributed by atoms with E-state index in [2.05, 4.69) is 5.32 Å². The van der Waals surface area contributed by atoms with Crippen LogP contribution in [0, 0.1) is 6.92 Å². The van der Waals surface area contributed by atoms with Crippen LogP contribution < -0.4 is 10.1 Å². The Morgan fingerprint density at radius 2 is 1.72 bits per heavy atom. The molecule has 0 aliphatic carbocycles. The molecule has 0 saturated carbocycles. The fourth-order valence-electron chi connectivity index (χ4n) is 3.85. The predicted molar refractivity (Wildman–Crippen MR) is 129 cm³/mol. The summed E-state index contributed by atoms with van der Waals surface area (Å²) in [4.78, 5) is 27.9. The second kappa shape index (κ2) is 10.8. The summed E-state index contributed by atoms with van der Waals surface area (Å²) in [7, 11) is 0. The van der Waals surface area contributed by atoms with Crippen LogP contribution in [0.3, 0.4) is 0 Å². The molecule has 0 spiro atoms. The number of ether oxygens (including phenoxy) is 1. The zero-order valence-electron chi connectivity index (χ0n) is 19.3. The molecule has 0 radical (unpaired) electrons. The molecule has 5 nitrogen and oxygen atoms in total. The van der Waals surface area contributed by atoms with Crippen LogP contribution in [-0.4, -0.2) is 35.4 Å². The molecule has 32 heavy (non-hydrogen) atoms. The van der Waals surface area contributed by atoms with Gasteiger partial charge in [-0.05, 0) is 44.2 Å². The Morgan fingerprint density at radius 1 is 1.00 bits per heavy atom. The monoisotopic (exact) mass is 432 g/mol. The Hall–Kier alpha value is -3.34. The lowest BCUT2D eigenvalue weighted by molar-refractivity contribution is -0.143. The predicted octanol–water partition coefficient (Wildman–Crippen LogP) is 4.86. The number of rotatable bonds is 9. The van der Waals surface area contributed by atoms with Crippen molar-refractivity contribution < 1.29 is 14.3 Å². The highest BCUT2D eigenvalue weighted by Gasteiger charge is 2.29. The second-order valence-electron chi connectivity index (χ2n) is 8.36. The number of fused-ring (bicyclic) bond motifs is 1. The summed E-state index contributed by atoms with van der Waals surface area (Å²) in [6.45, 7) is 7.99. The molecule has 168 valence electrons. The van der Waals surface area contributed by atoms with Crippen molar-refractivity contribution in [2.75, 3.05) is 6.61 Å². The molecule has 0 heterocycles. The molecule has 3 rings (SSSR count). The Bertz CT molecular complexity index is 1070. The molecular weight excluding hydrogens is 400 g/mol. The van der Waals surface area contributed by atoms with Gasteiger partial charge in [-0.1, -0.05) is 73.2 Å². The molecule has 0 aliphatic rings. The van der Waals surface area contributed by atoms with E-state index in [9.17, 15) is 9.59 Å². The van der Waals surface area contributed by atoms with Gasteiger partial charge in [0, 0.05) is 18.0 Å². The molecule has 0 aromatic heterocycles. The summed E-state index contributed by atoms with van der Waals surface area (Å²) in [6.07, 6.45) is 0.518. The molecule has 0 fully saturated rings. The van der Waals surface area contributed by atoms with Crippen LogP contribution >= 0.6 is 0 Å². The van der Waals surface area contributed by atoms with Gasteiger partial charge in [-0.3, -0.25) is 9.59 Å². The molecule has 2 amide bonds. The van der Waals surface area contributed by atoms with Crippen molar-refractivity contribution in [1.29, 1.82) is 0 Å². The van der Waals surface area contributed by atoms with E-state index < -0.39 is 6.04 Å². The third-order valence-corrected chi connectivity index (χ3v) is 5.35. The minimum absolute atomic E-state index is 0.000551. The summed E-state index contributed by atoms with van der Waals surface area (Å²) in [5.74, 6) is 0.297. The molecule has 0 bridgehead atoms. The van der Waals surface area contributed by atoms with E-state index in [1.165, 1.54) is 0 Å². The number of hydrogen-bond acceptors (Lipinski definition) is 3. The normalized spacial score (nSPS) is 11.9. The van der Waals surface area contributed by atoms with Gasteiger partial charge in [0.25, 0.3) is 5.91 Å². The van der Waals surface area contributed by atoms with Crippen LogP contribution in [0.2, 0.25) is 0 Å². The number of nitrogens with one attached hydrogen (secondary N) is 1. The molecule has 1 atom stereocenters. The SMILES string of the molecule is CC[C@H](C(=O)NC(C)C)N(Cc1cccc(C)c1)C(=O)COc1cccc2ccccc12. The lowest BCUT2D eigenvalue weighted by Crippen LogP contribution is -2.51. The number of carbonyl (C=O) groups excluding carboxylic acids is 2. The van der Waals surface area contributed by atoms with Gasteiger partial charge in [-0.25, -0.2) is 0 Å². The molecule has 3 aromatic rings. The zero-order chi connectivity index (χ0) is 23.1. The van der Waals surface area contributed by atoms with Gasteiger partial charge in [0.1, 0.15) is 11.8 Å². The lowest BCUT2D eigenvalue weighted by Gasteiger charge is -2.31. The minimum atomic E-state index is -0.568. The first kappa shape index (κ1) is 23.3. The first-order chi connectivity index (χ1) is 15.4. The van der Waals surface area contributed by atoms with E-state index in [-0.39, 0.29) is 24.5 Å². The largest absolute Gasteiger partial charge is 0.483 e. The van der Waals surface area contributed by atoms with Crippen molar-refractivity contribution >= 4 is 22.6 Å². The first-order valence-corrected chi connectivity index (χ1v) is 11.1. The van der Waals surface area contributed by atoms with Crippen LogP contribution in [0.25, 0.3) is 10.8 Å². The Kier molecular flexibility index (Phi) is 7.87.